The van der Waals surface area contributed by atoms with Gasteiger partial charge in [-0.15, -0.1) is 11.8 Å². The third-order valence-corrected chi connectivity index (χ3v) is 2.82. The van der Waals surface area contributed by atoms with Crippen LogP contribution in [0.5, 0.6) is 0 Å². The Labute approximate surface area is 96.0 Å². The van der Waals surface area contributed by atoms with Crippen LogP contribution in [0.15, 0.2) is 34.7 Å². The molecular formula is C11H10F2O2S. The van der Waals surface area contributed by atoms with E-state index in [2.05, 4.69) is 0 Å². The van der Waals surface area contributed by atoms with E-state index in [1.54, 1.807) is 0 Å². The molecule has 0 aromatic heterocycles. The molecule has 0 saturated heterocycles. The standard InChI is InChI=1S/C11H10F2O2S/c1-7(11(14)15)4-5-16-10-6-8(12)2-3-9(10)13/h2-4,6H,5H2,1H3,(H,14,15). The molecular weight excluding hydrogens is 234 g/mol. The van der Waals surface area contributed by atoms with Gasteiger partial charge in [-0.3, -0.25) is 0 Å². The Hall–Kier alpha value is -1.36. The predicted molar refractivity (Wildman–Crippen MR) is 58.5 cm³/mol. The molecule has 0 fully saturated rings. The van der Waals surface area contributed by atoms with Gasteiger partial charge in [0.25, 0.3) is 0 Å². The number of benzene rings is 1. The highest BCUT2D eigenvalue weighted by Crippen LogP contribution is 2.22. The first-order valence-electron chi connectivity index (χ1n) is 4.48. The van der Waals surface area contributed by atoms with Crippen molar-refractivity contribution in [3.63, 3.8) is 0 Å². The van der Waals surface area contributed by atoms with Crippen molar-refractivity contribution in [2.45, 2.75) is 11.8 Å². The molecule has 0 aliphatic rings. The second-order valence-electron chi connectivity index (χ2n) is 3.08. The summed E-state index contributed by atoms with van der Waals surface area (Å²) in [5.41, 5.74) is 0.185. The van der Waals surface area contributed by atoms with Crippen LogP contribution in [0.1, 0.15) is 6.92 Å². The lowest BCUT2D eigenvalue weighted by Gasteiger charge is -2.01. The minimum absolute atomic E-state index is 0.175. The minimum Gasteiger partial charge on any atom is -0.478 e. The third kappa shape index (κ3) is 3.66. The number of carboxylic acids is 1. The first-order valence-corrected chi connectivity index (χ1v) is 5.47. The van der Waals surface area contributed by atoms with Gasteiger partial charge in [0.05, 0.1) is 0 Å². The third-order valence-electron chi connectivity index (χ3n) is 1.86. The Bertz CT molecular complexity index is 430. The molecule has 0 heterocycles. The van der Waals surface area contributed by atoms with Crippen molar-refractivity contribution in [2.75, 3.05) is 5.75 Å². The minimum atomic E-state index is -1.01. The van der Waals surface area contributed by atoms with E-state index in [4.69, 9.17) is 5.11 Å². The summed E-state index contributed by atoms with van der Waals surface area (Å²) in [4.78, 5) is 10.6. The van der Waals surface area contributed by atoms with E-state index < -0.39 is 17.6 Å². The summed E-state index contributed by atoms with van der Waals surface area (Å²) >= 11 is 1.05. The number of halogens is 2. The van der Waals surface area contributed by atoms with Crippen LogP contribution in [0.25, 0.3) is 0 Å². The lowest BCUT2D eigenvalue weighted by Crippen LogP contribution is -1.96. The second kappa shape index (κ2) is 5.65. The van der Waals surface area contributed by atoms with Crippen LogP contribution in [0, 0.1) is 11.6 Å². The van der Waals surface area contributed by atoms with Crippen molar-refractivity contribution >= 4 is 17.7 Å². The van der Waals surface area contributed by atoms with Gasteiger partial charge < -0.3 is 5.11 Å². The fourth-order valence-electron chi connectivity index (χ4n) is 0.932. The van der Waals surface area contributed by atoms with Gasteiger partial charge in [-0.2, -0.15) is 0 Å². The first-order chi connectivity index (χ1) is 7.50. The Morgan fingerprint density at radius 3 is 2.81 bits per heavy atom. The van der Waals surface area contributed by atoms with Gasteiger partial charge in [0.1, 0.15) is 11.6 Å². The molecule has 0 atom stereocenters. The van der Waals surface area contributed by atoms with Gasteiger partial charge in [0.15, 0.2) is 0 Å². The van der Waals surface area contributed by atoms with Crippen molar-refractivity contribution in [3.05, 3.63) is 41.5 Å². The maximum absolute atomic E-state index is 13.1. The molecule has 0 radical (unpaired) electrons. The van der Waals surface area contributed by atoms with Gasteiger partial charge >= 0.3 is 5.97 Å². The number of aliphatic carboxylic acids is 1. The van der Waals surface area contributed by atoms with Crippen molar-refractivity contribution < 1.29 is 18.7 Å². The molecule has 0 saturated carbocycles. The highest BCUT2D eigenvalue weighted by Gasteiger charge is 2.04. The van der Waals surface area contributed by atoms with Gasteiger partial charge in [-0.05, 0) is 25.1 Å². The van der Waals surface area contributed by atoms with Crippen LogP contribution >= 0.6 is 11.8 Å². The molecule has 1 aromatic rings. The number of rotatable bonds is 4. The SMILES string of the molecule is CC(=CCSc1cc(F)ccc1F)C(=O)O. The first kappa shape index (κ1) is 12.7. The summed E-state index contributed by atoms with van der Waals surface area (Å²) < 4.78 is 25.9. The van der Waals surface area contributed by atoms with E-state index >= 15 is 0 Å². The van der Waals surface area contributed by atoms with Crippen LogP contribution in [0.4, 0.5) is 8.78 Å². The van der Waals surface area contributed by atoms with Crippen LogP contribution < -0.4 is 0 Å². The Morgan fingerprint density at radius 1 is 1.50 bits per heavy atom. The van der Waals surface area contributed by atoms with Crippen molar-refractivity contribution in [3.8, 4) is 0 Å². The summed E-state index contributed by atoms with van der Waals surface area (Å²) in [5.74, 6) is -1.74. The lowest BCUT2D eigenvalue weighted by molar-refractivity contribution is -0.132. The molecule has 2 nitrogen and oxygen atoms in total. The number of carbonyl (C=O) groups is 1. The van der Waals surface area contributed by atoms with Crippen LogP contribution in [-0.4, -0.2) is 16.8 Å². The number of hydrogen-bond acceptors (Lipinski definition) is 2. The number of carboxylic acid groups (broad SMARTS) is 1. The molecule has 1 aromatic carbocycles. The van der Waals surface area contributed by atoms with Crippen LogP contribution in [0.3, 0.4) is 0 Å². The Morgan fingerprint density at radius 2 is 2.19 bits per heavy atom. The molecule has 16 heavy (non-hydrogen) atoms. The molecule has 0 unspecified atom stereocenters. The van der Waals surface area contributed by atoms with E-state index in [0.717, 1.165) is 30.0 Å². The van der Waals surface area contributed by atoms with E-state index in [9.17, 15) is 13.6 Å². The number of thioether (sulfide) groups is 1. The number of hydrogen-bond donors (Lipinski definition) is 1. The van der Waals surface area contributed by atoms with Crippen LogP contribution in [-0.2, 0) is 4.79 Å². The summed E-state index contributed by atoms with van der Waals surface area (Å²) in [6, 6.07) is 3.17. The topological polar surface area (TPSA) is 37.3 Å². The molecule has 1 N–H and O–H groups in total. The summed E-state index contributed by atoms with van der Waals surface area (Å²) in [5, 5.41) is 8.57. The average Bonchev–Trinajstić information content (AvgIpc) is 2.22. The molecule has 0 amide bonds. The maximum Gasteiger partial charge on any atom is 0.330 e. The molecule has 5 heteroatoms. The second-order valence-corrected chi connectivity index (χ2v) is 4.14. The van der Waals surface area contributed by atoms with Gasteiger partial charge in [0.2, 0.25) is 0 Å². The summed E-state index contributed by atoms with van der Waals surface area (Å²) in [7, 11) is 0. The lowest BCUT2D eigenvalue weighted by atomic mass is 10.3. The van der Waals surface area contributed by atoms with Gasteiger partial charge in [-0.1, -0.05) is 6.08 Å². The van der Waals surface area contributed by atoms with Crippen molar-refractivity contribution in [2.24, 2.45) is 0 Å². The zero-order valence-corrected chi connectivity index (χ0v) is 9.35. The molecule has 0 aliphatic heterocycles. The van der Waals surface area contributed by atoms with E-state index in [0.29, 0.717) is 5.75 Å². The molecule has 1 rings (SSSR count). The smallest absolute Gasteiger partial charge is 0.330 e. The van der Waals surface area contributed by atoms with Gasteiger partial charge in [0, 0.05) is 16.2 Å². The molecule has 86 valence electrons. The van der Waals surface area contributed by atoms with E-state index in [1.807, 2.05) is 0 Å². The van der Waals surface area contributed by atoms with Crippen molar-refractivity contribution in [1.82, 2.24) is 0 Å². The van der Waals surface area contributed by atoms with E-state index in [1.165, 1.54) is 13.0 Å². The summed E-state index contributed by atoms with van der Waals surface area (Å²) in [6.45, 7) is 1.45. The average molecular weight is 244 g/mol. The predicted octanol–water partition coefficient (Wildman–Crippen LogP) is 3.09. The summed E-state index contributed by atoms with van der Waals surface area (Å²) in [6.07, 6.45) is 1.46. The molecule has 0 bridgehead atoms. The molecule has 0 spiro atoms. The highest BCUT2D eigenvalue weighted by molar-refractivity contribution is 7.99. The highest BCUT2D eigenvalue weighted by atomic mass is 32.2. The fourth-order valence-corrected chi connectivity index (χ4v) is 1.85. The maximum atomic E-state index is 13.1. The Kier molecular flexibility index (Phi) is 4.49. The normalized spacial score (nSPS) is 11.6. The largest absolute Gasteiger partial charge is 0.478 e. The van der Waals surface area contributed by atoms with Crippen LogP contribution in [0.2, 0.25) is 0 Å². The fraction of sp³-hybridized carbons (Fsp3) is 0.182. The van der Waals surface area contributed by atoms with Gasteiger partial charge in [-0.25, -0.2) is 13.6 Å². The molecule has 0 aliphatic carbocycles. The zero-order chi connectivity index (χ0) is 12.1. The quantitative estimate of drug-likeness (QED) is 0.653. The van der Waals surface area contributed by atoms with E-state index in [-0.39, 0.29) is 10.5 Å². The monoisotopic (exact) mass is 244 g/mol. The Balaban J connectivity index is 2.65. The van der Waals surface area contributed by atoms with Crippen molar-refractivity contribution in [1.29, 1.82) is 0 Å². The zero-order valence-electron chi connectivity index (χ0n) is 8.54.